The summed E-state index contributed by atoms with van der Waals surface area (Å²) in [6.45, 7) is 3.52. The number of rotatable bonds is 17. The van der Waals surface area contributed by atoms with Crippen molar-refractivity contribution >= 4 is 35.5 Å². The first kappa shape index (κ1) is 30.1. The lowest BCUT2D eigenvalue weighted by atomic mass is 10.0. The average molecular weight is 478 g/mol. The Morgan fingerprint density at radius 2 is 1.47 bits per heavy atom. The van der Waals surface area contributed by atoms with E-state index in [0.29, 0.717) is 38.0 Å². The van der Waals surface area contributed by atoms with E-state index in [1.807, 2.05) is 20.1 Å². The van der Waals surface area contributed by atoms with Crippen molar-refractivity contribution in [3.05, 3.63) is 0 Å². The number of aliphatic carboxylic acids is 1. The Bertz CT molecular complexity index is 607. The third-order valence-corrected chi connectivity index (χ3v) is 5.33. The van der Waals surface area contributed by atoms with Gasteiger partial charge in [0, 0.05) is 0 Å². The van der Waals surface area contributed by atoms with E-state index in [4.69, 9.17) is 11.5 Å². The van der Waals surface area contributed by atoms with Crippen molar-refractivity contribution in [2.24, 2.45) is 17.4 Å². The molecule has 0 radical (unpaired) electrons. The first-order valence-corrected chi connectivity index (χ1v) is 12.2. The summed E-state index contributed by atoms with van der Waals surface area (Å²) in [6.07, 6.45) is 3.88. The fraction of sp³-hybridized carbons (Fsp3) is 0.800. The molecule has 0 aromatic rings. The lowest BCUT2D eigenvalue weighted by Crippen LogP contribution is -2.58. The summed E-state index contributed by atoms with van der Waals surface area (Å²) in [6, 6.07) is -4.26. The number of thioether (sulfide) groups is 1. The smallest absolute Gasteiger partial charge is 0.326 e. The van der Waals surface area contributed by atoms with Crippen molar-refractivity contribution in [1.29, 1.82) is 0 Å². The molecule has 0 saturated carbocycles. The number of carbonyl (C=O) groups is 4. The first-order valence-electron chi connectivity index (χ1n) is 10.8. The number of hydrogen-bond acceptors (Lipinski definition) is 8. The van der Waals surface area contributed by atoms with Crippen LogP contribution >= 0.6 is 11.8 Å². The van der Waals surface area contributed by atoms with Gasteiger partial charge in [-0.1, -0.05) is 13.8 Å². The largest absolute Gasteiger partial charge is 0.480 e. The van der Waals surface area contributed by atoms with Gasteiger partial charge in [0.15, 0.2) is 0 Å². The van der Waals surface area contributed by atoms with Gasteiger partial charge in [0.05, 0.1) is 12.6 Å². The SMILES string of the molecule is CSCCC(NC(=O)C(N)CC(C)C)C(=O)NC(CO)C(=O)NC(CCCCN)C(=O)O. The maximum absolute atomic E-state index is 12.7. The third kappa shape index (κ3) is 12.2. The number of aliphatic hydroxyl groups is 1. The summed E-state index contributed by atoms with van der Waals surface area (Å²) in [5, 5.41) is 26.2. The van der Waals surface area contributed by atoms with Gasteiger partial charge in [0.2, 0.25) is 17.7 Å². The van der Waals surface area contributed by atoms with Gasteiger partial charge in [-0.05, 0) is 56.6 Å². The second-order valence-electron chi connectivity index (χ2n) is 8.01. The van der Waals surface area contributed by atoms with Crippen LogP contribution in [0.5, 0.6) is 0 Å². The predicted molar refractivity (Wildman–Crippen MR) is 124 cm³/mol. The molecule has 0 aliphatic carbocycles. The molecule has 0 saturated heterocycles. The van der Waals surface area contributed by atoms with Crippen LogP contribution in [0.15, 0.2) is 0 Å². The van der Waals surface area contributed by atoms with E-state index >= 15 is 0 Å². The molecule has 186 valence electrons. The van der Waals surface area contributed by atoms with Crippen LogP contribution in [0.4, 0.5) is 0 Å². The standard InChI is InChI=1S/C20H39N5O6S/c1-12(2)10-13(22)17(27)23-14(7-9-32-3)18(28)25-16(11-26)19(29)24-15(20(30)31)6-4-5-8-21/h12-16,26H,4-11,21-22H2,1-3H3,(H,23,27)(H,24,29)(H,25,28)(H,30,31). The van der Waals surface area contributed by atoms with Crippen LogP contribution in [0.3, 0.4) is 0 Å². The van der Waals surface area contributed by atoms with Crippen LogP contribution in [-0.4, -0.2) is 83.2 Å². The highest BCUT2D eigenvalue weighted by atomic mass is 32.2. The minimum atomic E-state index is -1.36. The maximum atomic E-state index is 12.7. The predicted octanol–water partition coefficient (Wildman–Crippen LogP) is -1.23. The summed E-state index contributed by atoms with van der Waals surface area (Å²) in [5.74, 6) is -2.42. The Morgan fingerprint density at radius 3 is 1.97 bits per heavy atom. The number of carboxylic acids is 1. The quantitative estimate of drug-likeness (QED) is 0.125. The molecule has 9 N–H and O–H groups in total. The summed E-state index contributed by atoms with van der Waals surface area (Å²) in [7, 11) is 0. The fourth-order valence-corrected chi connectivity index (χ4v) is 3.36. The average Bonchev–Trinajstić information content (AvgIpc) is 2.72. The van der Waals surface area contributed by atoms with Crippen LogP contribution in [-0.2, 0) is 19.2 Å². The topological polar surface area (TPSA) is 197 Å². The molecule has 4 unspecified atom stereocenters. The fourth-order valence-electron chi connectivity index (χ4n) is 2.89. The number of carboxylic acid groups (broad SMARTS) is 1. The molecule has 0 aliphatic heterocycles. The minimum absolute atomic E-state index is 0.171. The highest BCUT2D eigenvalue weighted by Crippen LogP contribution is 2.06. The van der Waals surface area contributed by atoms with E-state index in [9.17, 15) is 29.4 Å². The second-order valence-corrected chi connectivity index (χ2v) is 8.99. The van der Waals surface area contributed by atoms with Crippen molar-refractivity contribution in [2.45, 2.75) is 70.1 Å². The Balaban J connectivity index is 5.13. The summed E-state index contributed by atoms with van der Waals surface area (Å²) < 4.78 is 0. The monoisotopic (exact) mass is 477 g/mol. The molecule has 11 nitrogen and oxygen atoms in total. The van der Waals surface area contributed by atoms with Crippen molar-refractivity contribution in [3.8, 4) is 0 Å². The van der Waals surface area contributed by atoms with Crippen LogP contribution < -0.4 is 27.4 Å². The van der Waals surface area contributed by atoms with E-state index in [0.717, 1.165) is 0 Å². The number of nitrogens with one attached hydrogen (secondary N) is 3. The molecule has 12 heteroatoms. The van der Waals surface area contributed by atoms with Gasteiger partial charge in [0.25, 0.3) is 0 Å². The lowest BCUT2D eigenvalue weighted by Gasteiger charge is -2.24. The second kappa shape index (κ2) is 16.7. The molecule has 0 aliphatic rings. The zero-order valence-corrected chi connectivity index (χ0v) is 20.0. The Kier molecular flexibility index (Phi) is 15.7. The summed E-state index contributed by atoms with van der Waals surface area (Å²) >= 11 is 1.48. The van der Waals surface area contributed by atoms with Gasteiger partial charge < -0.3 is 37.6 Å². The number of hydrogen-bond donors (Lipinski definition) is 7. The normalized spacial score (nSPS) is 14.8. The number of aliphatic hydroxyl groups excluding tert-OH is 1. The molecule has 4 atom stereocenters. The summed E-state index contributed by atoms with van der Waals surface area (Å²) in [4.78, 5) is 49.0. The van der Waals surface area contributed by atoms with Gasteiger partial charge in [-0.15, -0.1) is 0 Å². The Labute approximate surface area is 193 Å². The molecule has 0 bridgehead atoms. The Morgan fingerprint density at radius 1 is 0.906 bits per heavy atom. The molecule has 0 rings (SSSR count). The maximum Gasteiger partial charge on any atom is 0.326 e. The molecular weight excluding hydrogens is 438 g/mol. The van der Waals surface area contributed by atoms with Gasteiger partial charge in [-0.2, -0.15) is 11.8 Å². The van der Waals surface area contributed by atoms with Crippen LogP contribution in [0, 0.1) is 5.92 Å². The molecule has 0 aromatic carbocycles. The van der Waals surface area contributed by atoms with Crippen molar-refractivity contribution < 1.29 is 29.4 Å². The van der Waals surface area contributed by atoms with Crippen molar-refractivity contribution in [2.75, 3.05) is 25.2 Å². The van der Waals surface area contributed by atoms with E-state index in [2.05, 4.69) is 16.0 Å². The highest BCUT2D eigenvalue weighted by Gasteiger charge is 2.29. The summed E-state index contributed by atoms with van der Waals surface area (Å²) in [5.41, 5.74) is 11.3. The number of amides is 3. The van der Waals surface area contributed by atoms with Crippen LogP contribution in [0.1, 0.15) is 46.0 Å². The van der Waals surface area contributed by atoms with Crippen molar-refractivity contribution in [3.63, 3.8) is 0 Å². The molecule has 0 spiro atoms. The first-order chi connectivity index (χ1) is 15.1. The van der Waals surface area contributed by atoms with E-state index in [1.54, 1.807) is 0 Å². The van der Waals surface area contributed by atoms with E-state index < -0.39 is 54.5 Å². The lowest BCUT2D eigenvalue weighted by molar-refractivity contribution is -0.142. The molecule has 0 aromatic heterocycles. The number of nitrogens with two attached hydrogens (primary N) is 2. The van der Waals surface area contributed by atoms with Crippen LogP contribution in [0.2, 0.25) is 0 Å². The van der Waals surface area contributed by atoms with Crippen LogP contribution in [0.25, 0.3) is 0 Å². The molecular formula is C20H39N5O6S. The number of unbranched alkanes of at least 4 members (excludes halogenated alkanes) is 1. The van der Waals surface area contributed by atoms with Gasteiger partial charge >= 0.3 is 5.97 Å². The molecule has 32 heavy (non-hydrogen) atoms. The highest BCUT2D eigenvalue weighted by molar-refractivity contribution is 7.98. The number of carbonyl (C=O) groups excluding carboxylic acids is 3. The zero-order chi connectivity index (χ0) is 24.7. The molecule has 0 heterocycles. The van der Waals surface area contributed by atoms with Gasteiger partial charge in [-0.3, -0.25) is 14.4 Å². The zero-order valence-electron chi connectivity index (χ0n) is 19.1. The Hall–Kier alpha value is -1.89. The minimum Gasteiger partial charge on any atom is -0.480 e. The van der Waals surface area contributed by atoms with Crippen molar-refractivity contribution in [1.82, 2.24) is 16.0 Å². The molecule has 0 fully saturated rings. The van der Waals surface area contributed by atoms with E-state index in [-0.39, 0.29) is 12.3 Å². The van der Waals surface area contributed by atoms with Gasteiger partial charge in [0.1, 0.15) is 18.1 Å². The molecule has 3 amide bonds. The third-order valence-electron chi connectivity index (χ3n) is 4.68. The van der Waals surface area contributed by atoms with E-state index in [1.165, 1.54) is 11.8 Å². The van der Waals surface area contributed by atoms with Gasteiger partial charge in [-0.25, -0.2) is 4.79 Å².